The van der Waals surface area contributed by atoms with Crippen LogP contribution in [0, 0.1) is 6.92 Å². The first kappa shape index (κ1) is 45.5. The van der Waals surface area contributed by atoms with Gasteiger partial charge in [0.05, 0.1) is 5.69 Å². The Balaban J connectivity index is 1.50. The van der Waals surface area contributed by atoms with E-state index in [0.717, 1.165) is 0 Å². The van der Waals surface area contributed by atoms with Gasteiger partial charge in [-0.15, -0.1) is 0 Å². The highest BCUT2D eigenvalue weighted by Crippen LogP contribution is 2.49. The lowest BCUT2D eigenvalue weighted by molar-refractivity contribution is 0.530. The van der Waals surface area contributed by atoms with Gasteiger partial charge >= 0.3 is 0 Å². The Kier molecular flexibility index (Phi) is 10.7. The molecule has 332 valence electrons. The largest absolute Gasteiger partial charge is 0.311 e. The van der Waals surface area contributed by atoms with Gasteiger partial charge in [-0.05, 0) is 149 Å². The summed E-state index contributed by atoms with van der Waals surface area (Å²) in [7, 11) is 0. The van der Waals surface area contributed by atoms with Crippen LogP contribution in [0.1, 0.15) is 164 Å². The van der Waals surface area contributed by atoms with E-state index < -0.39 is 0 Å². The molecular weight excluding hydrogens is 771 g/mol. The molecule has 0 N–H and O–H groups in total. The van der Waals surface area contributed by atoms with Gasteiger partial charge in [-0.3, -0.25) is 0 Å². The van der Waals surface area contributed by atoms with Crippen LogP contribution in [-0.4, -0.2) is 6.71 Å². The lowest BCUT2D eigenvalue weighted by atomic mass is 9.33. The Labute approximate surface area is 388 Å². The van der Waals surface area contributed by atoms with Gasteiger partial charge in [0.2, 0.25) is 0 Å². The average molecular weight is 847 g/mol. The fourth-order valence-corrected chi connectivity index (χ4v) is 10.1. The summed E-state index contributed by atoms with van der Waals surface area (Å²) in [5.41, 5.74) is 23.4. The normalized spacial score (nSPS) is 14.4. The Morgan fingerprint density at radius 2 is 0.828 bits per heavy atom. The quantitative estimate of drug-likeness (QED) is 0.163. The highest BCUT2D eigenvalue weighted by molar-refractivity contribution is 7.00. The molecule has 0 atom stereocenters. The van der Waals surface area contributed by atoms with Crippen molar-refractivity contribution in [2.75, 3.05) is 9.80 Å². The first-order valence-electron chi connectivity index (χ1n) is 23.9. The minimum absolute atomic E-state index is 0.0115. The van der Waals surface area contributed by atoms with E-state index in [2.05, 4.69) is 251 Å². The molecule has 0 amide bonds. The Morgan fingerprint density at radius 3 is 1.38 bits per heavy atom. The second-order valence-corrected chi connectivity index (χ2v) is 25.4. The molecule has 0 saturated heterocycles. The SMILES string of the molecule is Cc1cc2c3c(c1)N(c1ccc(C(C)(C)C)cc1-c1ccc(C(C)(C)C)c(C(C)(C)C)c1)c1cc(C(C)(C)C)ccc1B3c1cc(C(C)(C)C)ccc1N2c1ccc(C(C)(C)C)cc1. The Bertz CT molecular complexity index is 2780. The number of rotatable bonds is 3. The van der Waals surface area contributed by atoms with E-state index in [1.807, 2.05) is 0 Å². The van der Waals surface area contributed by atoms with Crippen molar-refractivity contribution < 1.29 is 0 Å². The van der Waals surface area contributed by atoms with Crippen LogP contribution in [0.4, 0.5) is 34.1 Å². The molecule has 2 aliphatic rings. The highest BCUT2D eigenvalue weighted by Gasteiger charge is 2.45. The molecule has 6 aromatic rings. The van der Waals surface area contributed by atoms with Crippen molar-refractivity contribution in [3.63, 3.8) is 0 Å². The molecule has 0 unspecified atom stereocenters. The molecule has 0 radical (unpaired) electrons. The first-order chi connectivity index (χ1) is 29.4. The Hall–Kier alpha value is -5.02. The van der Waals surface area contributed by atoms with Crippen molar-refractivity contribution in [1.29, 1.82) is 0 Å². The van der Waals surface area contributed by atoms with Crippen LogP contribution in [-0.2, 0) is 32.5 Å². The van der Waals surface area contributed by atoms with Gasteiger partial charge in [0.1, 0.15) is 0 Å². The van der Waals surface area contributed by atoms with E-state index in [1.54, 1.807) is 0 Å². The third-order valence-corrected chi connectivity index (χ3v) is 14.0. The van der Waals surface area contributed by atoms with Gasteiger partial charge in [0, 0.05) is 34.0 Å². The molecular formula is C61H75BN2. The molecule has 0 fully saturated rings. The predicted molar refractivity (Wildman–Crippen MR) is 283 cm³/mol. The van der Waals surface area contributed by atoms with Crippen molar-refractivity contribution in [2.24, 2.45) is 0 Å². The topological polar surface area (TPSA) is 6.48 Å². The third kappa shape index (κ3) is 8.05. The molecule has 2 nitrogen and oxygen atoms in total. The van der Waals surface area contributed by atoms with Crippen molar-refractivity contribution in [1.82, 2.24) is 0 Å². The lowest BCUT2D eigenvalue weighted by Crippen LogP contribution is -2.61. The lowest BCUT2D eigenvalue weighted by Gasteiger charge is -2.45. The summed E-state index contributed by atoms with van der Waals surface area (Å²) in [6, 6.07) is 43.7. The summed E-state index contributed by atoms with van der Waals surface area (Å²) in [5.74, 6) is 0. The molecule has 3 heteroatoms. The number of anilines is 6. The van der Waals surface area contributed by atoms with Crippen molar-refractivity contribution in [3.05, 3.63) is 148 Å². The van der Waals surface area contributed by atoms with Gasteiger partial charge in [0.25, 0.3) is 6.71 Å². The summed E-state index contributed by atoms with van der Waals surface area (Å²) in [4.78, 5) is 5.22. The third-order valence-electron chi connectivity index (χ3n) is 14.0. The van der Waals surface area contributed by atoms with E-state index in [-0.39, 0.29) is 39.2 Å². The molecule has 64 heavy (non-hydrogen) atoms. The monoisotopic (exact) mass is 847 g/mol. The van der Waals surface area contributed by atoms with E-state index >= 15 is 0 Å². The molecule has 0 aliphatic carbocycles. The summed E-state index contributed by atoms with van der Waals surface area (Å²) in [6.07, 6.45) is 0. The van der Waals surface area contributed by atoms with Crippen LogP contribution in [0.15, 0.2) is 109 Å². The fourth-order valence-electron chi connectivity index (χ4n) is 10.1. The number of hydrogen-bond donors (Lipinski definition) is 0. The second-order valence-electron chi connectivity index (χ2n) is 25.4. The van der Waals surface area contributed by atoms with Crippen molar-refractivity contribution >= 4 is 57.2 Å². The Morgan fingerprint density at radius 1 is 0.344 bits per heavy atom. The molecule has 2 heterocycles. The van der Waals surface area contributed by atoms with Crippen LogP contribution in [0.2, 0.25) is 0 Å². The van der Waals surface area contributed by atoms with Crippen LogP contribution in [0.3, 0.4) is 0 Å². The van der Waals surface area contributed by atoms with Crippen LogP contribution in [0.25, 0.3) is 11.1 Å². The van der Waals surface area contributed by atoms with E-state index in [1.165, 1.54) is 101 Å². The maximum atomic E-state index is 2.66. The zero-order chi connectivity index (χ0) is 46.9. The molecule has 2 aliphatic heterocycles. The number of benzene rings is 6. The smallest absolute Gasteiger partial charge is 0.252 e. The molecule has 0 saturated carbocycles. The summed E-state index contributed by atoms with van der Waals surface area (Å²) in [5, 5.41) is 0. The maximum absolute atomic E-state index is 2.66. The summed E-state index contributed by atoms with van der Waals surface area (Å²) >= 11 is 0. The first-order valence-corrected chi connectivity index (χ1v) is 23.9. The van der Waals surface area contributed by atoms with Crippen LogP contribution in [0.5, 0.6) is 0 Å². The molecule has 0 spiro atoms. The van der Waals surface area contributed by atoms with Crippen molar-refractivity contribution in [3.8, 4) is 11.1 Å². The minimum Gasteiger partial charge on any atom is -0.311 e. The van der Waals surface area contributed by atoms with Gasteiger partial charge in [0.15, 0.2) is 0 Å². The predicted octanol–water partition coefficient (Wildman–Crippen LogP) is 15.5. The minimum atomic E-state index is -0.0397. The van der Waals surface area contributed by atoms with Crippen LogP contribution < -0.4 is 26.2 Å². The summed E-state index contributed by atoms with van der Waals surface area (Å²) in [6.45, 7) is 44.5. The summed E-state index contributed by atoms with van der Waals surface area (Å²) < 4.78 is 0. The van der Waals surface area contributed by atoms with E-state index in [0.29, 0.717) is 0 Å². The number of nitrogens with zero attached hydrogens (tertiary/aromatic N) is 2. The van der Waals surface area contributed by atoms with E-state index in [9.17, 15) is 0 Å². The standard InChI is InChI=1S/C61H75BN2/c1-38-32-53-55-54(33-38)64(50-30-24-41(57(5,6)7)35-45(50)39-20-28-46(60(14,15)16)47(34-39)61(17,18)19)52-37-43(59(11,12)13)23-29-48(52)62(55)49-36-42(58(8,9)10)25-31-51(49)63(53)44-26-21-40(22-27-44)56(2,3)4/h20-37H,1-19H3. The number of hydrogen-bond acceptors (Lipinski definition) is 2. The van der Waals surface area contributed by atoms with Crippen LogP contribution >= 0.6 is 0 Å². The molecule has 8 rings (SSSR count). The average Bonchev–Trinajstić information content (AvgIpc) is 3.18. The fraction of sp³-hybridized carbons (Fsp3) is 0.410. The zero-order valence-electron chi connectivity index (χ0n) is 42.9. The maximum Gasteiger partial charge on any atom is 0.252 e. The number of aryl methyl sites for hydroxylation is 1. The zero-order valence-corrected chi connectivity index (χ0v) is 42.9. The van der Waals surface area contributed by atoms with Gasteiger partial charge in [-0.25, -0.2) is 0 Å². The molecule has 0 aromatic heterocycles. The number of fused-ring (bicyclic) bond motifs is 4. The molecule has 6 aromatic carbocycles. The van der Waals surface area contributed by atoms with Gasteiger partial charge < -0.3 is 9.80 Å². The highest BCUT2D eigenvalue weighted by atomic mass is 15.2. The van der Waals surface area contributed by atoms with Gasteiger partial charge in [-0.1, -0.05) is 185 Å². The molecule has 0 bridgehead atoms. The van der Waals surface area contributed by atoms with E-state index in [4.69, 9.17) is 0 Å². The van der Waals surface area contributed by atoms with Crippen molar-refractivity contribution in [2.45, 2.75) is 164 Å². The second kappa shape index (κ2) is 15.0. The van der Waals surface area contributed by atoms with Gasteiger partial charge in [-0.2, -0.15) is 0 Å².